The Morgan fingerprint density at radius 2 is 0.966 bits per heavy atom. The molecular formula is C56H37NO. The second-order valence-corrected chi connectivity index (χ2v) is 15.6. The Labute approximate surface area is 336 Å². The SMILES string of the molecule is C1=CC(c2c3ccccc3c(-c3cccc(-n4c5ccccc5c5ccccc54)c3)c3ccccc23)CC=C1c1ccc2oc3ccc(-c4ccccc4)cc3c2c1. The van der Waals surface area contributed by atoms with E-state index in [1.54, 1.807) is 0 Å². The fraction of sp³-hybridized carbons (Fsp3) is 0.0357. The number of hydrogen-bond donors (Lipinski definition) is 0. The van der Waals surface area contributed by atoms with E-state index in [-0.39, 0.29) is 5.92 Å². The molecule has 58 heavy (non-hydrogen) atoms. The summed E-state index contributed by atoms with van der Waals surface area (Å²) in [6.45, 7) is 0. The van der Waals surface area contributed by atoms with Gasteiger partial charge in [0.2, 0.25) is 0 Å². The molecule has 1 aliphatic rings. The predicted molar refractivity (Wildman–Crippen MR) is 245 cm³/mol. The van der Waals surface area contributed by atoms with Crippen molar-refractivity contribution in [1.29, 1.82) is 0 Å². The van der Waals surface area contributed by atoms with E-state index in [1.165, 1.54) is 88.0 Å². The third-order valence-corrected chi connectivity index (χ3v) is 12.3. The van der Waals surface area contributed by atoms with Crippen LogP contribution in [-0.2, 0) is 0 Å². The fourth-order valence-electron chi connectivity index (χ4n) is 9.69. The molecule has 0 fully saturated rings. The smallest absolute Gasteiger partial charge is 0.135 e. The van der Waals surface area contributed by atoms with Gasteiger partial charge in [0.1, 0.15) is 11.2 Å². The molecule has 2 heteroatoms. The molecule has 2 heterocycles. The minimum absolute atomic E-state index is 0.239. The highest BCUT2D eigenvalue weighted by Gasteiger charge is 2.22. The lowest BCUT2D eigenvalue weighted by molar-refractivity contribution is 0.669. The van der Waals surface area contributed by atoms with Crippen molar-refractivity contribution >= 4 is 70.9 Å². The standard InChI is InChI=1S/C56H37NO/c1-2-13-36(14-3-1)39-29-31-53-49(34-39)50-35-40(30-32-54(50)58-53)37-25-27-38(28-26-37)55-45-19-4-6-21-47(45)56(48-22-7-5-20-46(48)55)41-15-12-16-42(33-41)57-51-23-10-8-17-43(51)44-18-9-11-24-52(44)57/h1-27,29-35,38H,28H2. The molecule has 11 aromatic rings. The topological polar surface area (TPSA) is 18.1 Å². The van der Waals surface area contributed by atoms with Gasteiger partial charge in [-0.3, -0.25) is 0 Å². The van der Waals surface area contributed by atoms with Crippen molar-refractivity contribution in [2.45, 2.75) is 12.3 Å². The van der Waals surface area contributed by atoms with Crippen molar-refractivity contribution in [2.75, 3.05) is 0 Å². The molecule has 0 saturated carbocycles. The summed E-state index contributed by atoms with van der Waals surface area (Å²) in [5, 5.41) is 10.0. The lowest BCUT2D eigenvalue weighted by Gasteiger charge is -2.23. The van der Waals surface area contributed by atoms with Crippen molar-refractivity contribution in [3.63, 3.8) is 0 Å². The quantitative estimate of drug-likeness (QED) is 0.161. The van der Waals surface area contributed by atoms with Crippen LogP contribution >= 0.6 is 0 Å². The third-order valence-electron chi connectivity index (χ3n) is 12.3. The van der Waals surface area contributed by atoms with Crippen LogP contribution in [0.3, 0.4) is 0 Å². The first kappa shape index (κ1) is 32.8. The third kappa shape index (κ3) is 5.12. The van der Waals surface area contributed by atoms with Gasteiger partial charge in [-0.05, 0) is 115 Å². The molecule has 12 rings (SSSR count). The fourth-order valence-corrected chi connectivity index (χ4v) is 9.69. The van der Waals surface area contributed by atoms with Gasteiger partial charge < -0.3 is 8.98 Å². The molecular weight excluding hydrogens is 703 g/mol. The molecule has 0 radical (unpaired) electrons. The molecule has 0 bridgehead atoms. The van der Waals surface area contributed by atoms with E-state index in [9.17, 15) is 0 Å². The highest BCUT2D eigenvalue weighted by Crippen LogP contribution is 2.45. The number of furan rings is 1. The van der Waals surface area contributed by atoms with Crippen LogP contribution in [0, 0.1) is 0 Å². The molecule has 0 spiro atoms. The molecule has 0 saturated heterocycles. The zero-order chi connectivity index (χ0) is 38.2. The Kier molecular flexibility index (Phi) is 7.39. The summed E-state index contributed by atoms with van der Waals surface area (Å²) in [6, 6.07) is 68.4. The van der Waals surface area contributed by atoms with Crippen LogP contribution < -0.4 is 0 Å². The van der Waals surface area contributed by atoms with Crippen molar-refractivity contribution in [3.05, 3.63) is 217 Å². The molecule has 1 aliphatic carbocycles. The van der Waals surface area contributed by atoms with Crippen LogP contribution in [-0.4, -0.2) is 4.57 Å². The number of rotatable bonds is 5. The van der Waals surface area contributed by atoms with E-state index in [1.807, 2.05) is 0 Å². The summed E-state index contributed by atoms with van der Waals surface area (Å²) < 4.78 is 8.72. The first-order valence-electron chi connectivity index (χ1n) is 20.2. The monoisotopic (exact) mass is 739 g/mol. The molecule has 272 valence electrons. The van der Waals surface area contributed by atoms with Gasteiger partial charge in [0.05, 0.1) is 11.0 Å². The molecule has 1 atom stereocenters. The van der Waals surface area contributed by atoms with Crippen LogP contribution in [0.1, 0.15) is 23.5 Å². The number of para-hydroxylation sites is 2. The molecule has 2 nitrogen and oxygen atoms in total. The minimum atomic E-state index is 0.239. The Morgan fingerprint density at radius 3 is 1.60 bits per heavy atom. The van der Waals surface area contributed by atoms with Crippen LogP contribution in [0.15, 0.2) is 211 Å². The highest BCUT2D eigenvalue weighted by molar-refractivity contribution is 6.16. The summed E-state index contributed by atoms with van der Waals surface area (Å²) in [4.78, 5) is 0. The van der Waals surface area contributed by atoms with Gasteiger partial charge in [-0.15, -0.1) is 0 Å². The lowest BCUT2D eigenvalue weighted by Crippen LogP contribution is -2.02. The second-order valence-electron chi connectivity index (χ2n) is 15.6. The van der Waals surface area contributed by atoms with Crippen LogP contribution in [0.2, 0.25) is 0 Å². The maximum Gasteiger partial charge on any atom is 0.135 e. The van der Waals surface area contributed by atoms with E-state index in [4.69, 9.17) is 4.42 Å². The normalized spacial score (nSPS) is 14.3. The van der Waals surface area contributed by atoms with Gasteiger partial charge in [-0.25, -0.2) is 0 Å². The summed E-state index contributed by atoms with van der Waals surface area (Å²) in [6.07, 6.45) is 8.11. The average Bonchev–Trinajstić information content (AvgIpc) is 3.83. The number of fused-ring (bicyclic) bond motifs is 8. The minimum Gasteiger partial charge on any atom is -0.456 e. The van der Waals surface area contributed by atoms with Crippen LogP contribution in [0.25, 0.3) is 98.8 Å². The van der Waals surface area contributed by atoms with Crippen molar-refractivity contribution < 1.29 is 4.42 Å². The van der Waals surface area contributed by atoms with Gasteiger partial charge in [-0.1, -0.05) is 158 Å². The lowest BCUT2D eigenvalue weighted by atomic mass is 9.80. The van der Waals surface area contributed by atoms with Crippen molar-refractivity contribution in [3.8, 4) is 27.9 Å². The first-order chi connectivity index (χ1) is 28.8. The highest BCUT2D eigenvalue weighted by atomic mass is 16.3. The van der Waals surface area contributed by atoms with Gasteiger partial charge in [0.25, 0.3) is 0 Å². The predicted octanol–water partition coefficient (Wildman–Crippen LogP) is 15.5. The van der Waals surface area contributed by atoms with E-state index >= 15 is 0 Å². The molecule has 9 aromatic carbocycles. The zero-order valence-corrected chi connectivity index (χ0v) is 31.8. The van der Waals surface area contributed by atoms with Crippen molar-refractivity contribution in [2.24, 2.45) is 0 Å². The summed E-state index contributed by atoms with van der Waals surface area (Å²) in [7, 11) is 0. The maximum atomic E-state index is 6.30. The number of benzene rings is 9. The van der Waals surface area contributed by atoms with Gasteiger partial charge in [-0.2, -0.15) is 0 Å². The van der Waals surface area contributed by atoms with Gasteiger partial charge >= 0.3 is 0 Å². The zero-order valence-electron chi connectivity index (χ0n) is 31.8. The molecule has 0 N–H and O–H groups in total. The maximum absolute atomic E-state index is 6.30. The van der Waals surface area contributed by atoms with E-state index < -0.39 is 0 Å². The first-order valence-corrected chi connectivity index (χ1v) is 20.2. The average molecular weight is 740 g/mol. The Bertz CT molecular complexity index is 3380. The number of nitrogens with zero attached hydrogens (tertiary/aromatic N) is 1. The summed E-state index contributed by atoms with van der Waals surface area (Å²) in [5.74, 6) is 0.239. The largest absolute Gasteiger partial charge is 0.456 e. The van der Waals surface area contributed by atoms with Gasteiger partial charge in [0.15, 0.2) is 0 Å². The molecule has 0 aliphatic heterocycles. The van der Waals surface area contributed by atoms with Crippen molar-refractivity contribution in [1.82, 2.24) is 4.57 Å². The number of hydrogen-bond acceptors (Lipinski definition) is 1. The van der Waals surface area contributed by atoms with E-state index in [0.717, 1.165) is 28.4 Å². The molecule has 0 amide bonds. The second kappa shape index (κ2) is 13.1. The van der Waals surface area contributed by atoms with E-state index in [2.05, 4.69) is 211 Å². The van der Waals surface area contributed by atoms with Crippen LogP contribution in [0.5, 0.6) is 0 Å². The summed E-state index contributed by atoms with van der Waals surface area (Å²) >= 11 is 0. The number of allylic oxidation sites excluding steroid dienone is 4. The van der Waals surface area contributed by atoms with Crippen LogP contribution in [0.4, 0.5) is 0 Å². The number of aromatic nitrogens is 1. The Hall–Kier alpha value is -7.42. The molecule has 1 unspecified atom stereocenters. The summed E-state index contributed by atoms with van der Waals surface area (Å²) in [5.41, 5.74) is 14.2. The van der Waals surface area contributed by atoms with Gasteiger partial charge in [0, 0.05) is 33.2 Å². The molecule has 2 aromatic heterocycles. The Morgan fingerprint density at radius 1 is 0.414 bits per heavy atom. The Balaban J connectivity index is 0.947. The van der Waals surface area contributed by atoms with E-state index in [0.29, 0.717) is 0 Å².